The molecule has 0 amide bonds. The monoisotopic (exact) mass is 262 g/mol. The van der Waals surface area contributed by atoms with Crippen LogP contribution in [0.1, 0.15) is 71.1 Å². The highest BCUT2D eigenvalue weighted by Crippen LogP contribution is 2.10. The molecule has 0 saturated heterocycles. The van der Waals surface area contributed by atoms with Gasteiger partial charge >= 0.3 is 5.97 Å². The van der Waals surface area contributed by atoms with Gasteiger partial charge in [-0.2, -0.15) is 0 Å². The fourth-order valence-corrected chi connectivity index (χ4v) is 1.85. The van der Waals surface area contributed by atoms with Gasteiger partial charge in [-0.1, -0.05) is 64.7 Å². The molecule has 18 heavy (non-hydrogen) atoms. The van der Waals surface area contributed by atoms with E-state index in [0.29, 0.717) is 0 Å². The molecule has 0 aromatic heterocycles. The van der Waals surface area contributed by atoms with Gasteiger partial charge < -0.3 is 9.84 Å². The van der Waals surface area contributed by atoms with Crippen molar-refractivity contribution in [2.24, 2.45) is 0 Å². The molecule has 0 spiro atoms. The maximum Gasteiger partial charge on any atom is 0.366 e. The zero-order valence-electron chi connectivity index (χ0n) is 11.5. The second-order valence-electron chi connectivity index (χ2n) is 4.71. The molecule has 4 heteroatoms. The van der Waals surface area contributed by atoms with Gasteiger partial charge in [-0.25, -0.2) is 9.18 Å². The molecule has 0 fully saturated rings. The van der Waals surface area contributed by atoms with Crippen LogP contribution in [0.5, 0.6) is 0 Å². The summed E-state index contributed by atoms with van der Waals surface area (Å²) in [4.78, 5) is 10.1. The molecule has 0 aromatic carbocycles. The second-order valence-corrected chi connectivity index (χ2v) is 4.71. The number of carbonyl (C=O) groups is 1. The van der Waals surface area contributed by atoms with Gasteiger partial charge in [0.15, 0.2) is 0 Å². The Hall–Kier alpha value is -0.640. The van der Waals surface area contributed by atoms with Crippen LogP contribution in [0, 0.1) is 0 Å². The Morgan fingerprint density at radius 2 is 1.44 bits per heavy atom. The van der Waals surface area contributed by atoms with Gasteiger partial charge in [0.1, 0.15) is 0 Å². The van der Waals surface area contributed by atoms with Crippen LogP contribution in [0.4, 0.5) is 4.39 Å². The number of hydrogen-bond acceptors (Lipinski definition) is 2. The van der Waals surface area contributed by atoms with E-state index in [2.05, 4.69) is 11.7 Å². The Bertz CT molecular complexity index is 197. The summed E-state index contributed by atoms with van der Waals surface area (Å²) in [5, 5.41) is 8.24. The Kier molecular flexibility index (Phi) is 12.4. The van der Waals surface area contributed by atoms with Crippen LogP contribution in [-0.2, 0) is 9.53 Å². The molecule has 0 aliphatic heterocycles. The third kappa shape index (κ3) is 11.8. The molecule has 1 atom stereocenters. The lowest BCUT2D eigenvalue weighted by atomic mass is 10.1. The first-order chi connectivity index (χ1) is 8.68. The predicted octanol–water partition coefficient (Wildman–Crippen LogP) is 4.30. The maximum atomic E-state index is 12.5. The number of carboxylic acids is 1. The normalized spacial score (nSPS) is 12.6. The predicted molar refractivity (Wildman–Crippen MR) is 70.3 cm³/mol. The number of ether oxygens (including phenoxy) is 1. The number of hydrogen-bond donors (Lipinski definition) is 1. The van der Waals surface area contributed by atoms with Gasteiger partial charge in [0, 0.05) is 0 Å². The summed E-state index contributed by atoms with van der Waals surface area (Å²) >= 11 is 0. The van der Waals surface area contributed by atoms with Gasteiger partial charge in [-0.3, -0.25) is 0 Å². The second kappa shape index (κ2) is 12.8. The minimum absolute atomic E-state index is 0.198. The Balaban J connectivity index is 3.05. The number of unbranched alkanes of at least 4 members (excludes halogenated alkanes) is 9. The molecule has 0 rings (SSSR count). The van der Waals surface area contributed by atoms with E-state index in [0.717, 1.165) is 19.3 Å². The molecule has 108 valence electrons. The lowest BCUT2D eigenvalue weighted by Crippen LogP contribution is -2.18. The van der Waals surface area contributed by atoms with Crippen LogP contribution in [-0.4, -0.2) is 24.0 Å². The third-order valence-corrected chi connectivity index (χ3v) is 2.96. The summed E-state index contributed by atoms with van der Waals surface area (Å²) in [6.45, 7) is 2.42. The van der Waals surface area contributed by atoms with Crippen molar-refractivity contribution >= 4 is 5.97 Å². The highest BCUT2D eigenvalue weighted by molar-refractivity contribution is 5.70. The number of aliphatic carboxylic acids is 1. The van der Waals surface area contributed by atoms with Crippen molar-refractivity contribution in [3.05, 3.63) is 0 Å². The zero-order valence-corrected chi connectivity index (χ0v) is 11.5. The Morgan fingerprint density at radius 1 is 1.00 bits per heavy atom. The fraction of sp³-hybridized carbons (Fsp3) is 0.929. The van der Waals surface area contributed by atoms with Crippen molar-refractivity contribution in [1.82, 2.24) is 0 Å². The molecule has 0 aromatic rings. The first-order valence-electron chi connectivity index (χ1n) is 7.17. The molecule has 3 nitrogen and oxygen atoms in total. The summed E-state index contributed by atoms with van der Waals surface area (Å²) in [6, 6.07) is 0. The van der Waals surface area contributed by atoms with Crippen LogP contribution in [0.15, 0.2) is 0 Å². The van der Waals surface area contributed by atoms with Crippen LogP contribution < -0.4 is 0 Å². The van der Waals surface area contributed by atoms with Crippen LogP contribution in [0.3, 0.4) is 0 Å². The molecule has 0 aliphatic rings. The molecule has 0 heterocycles. The highest BCUT2D eigenvalue weighted by atomic mass is 19.1. The minimum atomic E-state index is -2.16. The van der Waals surface area contributed by atoms with Gasteiger partial charge in [0.25, 0.3) is 6.36 Å². The Labute approximate surface area is 110 Å². The summed E-state index contributed by atoms with van der Waals surface area (Å²) < 4.78 is 17.0. The van der Waals surface area contributed by atoms with Gasteiger partial charge in [0.05, 0.1) is 6.61 Å². The molecule has 0 radical (unpaired) electrons. The molecule has 1 unspecified atom stereocenters. The summed E-state index contributed by atoms with van der Waals surface area (Å²) in [5.74, 6) is -1.54. The van der Waals surface area contributed by atoms with Crippen molar-refractivity contribution in [2.45, 2.75) is 77.5 Å². The van der Waals surface area contributed by atoms with Gasteiger partial charge in [0.2, 0.25) is 0 Å². The lowest BCUT2D eigenvalue weighted by Gasteiger charge is -2.05. The van der Waals surface area contributed by atoms with E-state index in [-0.39, 0.29) is 6.61 Å². The van der Waals surface area contributed by atoms with Crippen molar-refractivity contribution < 1.29 is 19.0 Å². The van der Waals surface area contributed by atoms with E-state index in [1.54, 1.807) is 0 Å². The SMILES string of the molecule is CCCCCCCCCCCCOC(F)C(=O)O. The number of rotatable bonds is 13. The van der Waals surface area contributed by atoms with Crippen LogP contribution in [0.2, 0.25) is 0 Å². The number of halogens is 1. The number of carboxylic acid groups (broad SMARTS) is 1. The largest absolute Gasteiger partial charge is 0.477 e. The van der Waals surface area contributed by atoms with Crippen molar-refractivity contribution in [3.8, 4) is 0 Å². The molecule has 1 N–H and O–H groups in total. The Morgan fingerprint density at radius 3 is 1.89 bits per heavy atom. The molecule has 0 aliphatic carbocycles. The zero-order chi connectivity index (χ0) is 13.6. The average molecular weight is 262 g/mol. The van der Waals surface area contributed by atoms with E-state index >= 15 is 0 Å². The number of alkyl halides is 1. The van der Waals surface area contributed by atoms with E-state index in [9.17, 15) is 9.18 Å². The van der Waals surface area contributed by atoms with Crippen molar-refractivity contribution in [3.63, 3.8) is 0 Å². The summed E-state index contributed by atoms with van der Waals surface area (Å²) in [6.07, 6.45) is 9.78. The van der Waals surface area contributed by atoms with E-state index in [4.69, 9.17) is 5.11 Å². The van der Waals surface area contributed by atoms with Crippen molar-refractivity contribution in [1.29, 1.82) is 0 Å². The van der Waals surface area contributed by atoms with E-state index in [1.165, 1.54) is 44.9 Å². The van der Waals surface area contributed by atoms with Gasteiger partial charge in [-0.05, 0) is 6.42 Å². The standard InChI is InChI=1S/C14H27FO3/c1-2-3-4-5-6-7-8-9-10-11-12-18-13(15)14(16)17/h13H,2-12H2,1H3,(H,16,17). The topological polar surface area (TPSA) is 46.5 Å². The van der Waals surface area contributed by atoms with Crippen LogP contribution in [0.25, 0.3) is 0 Å². The minimum Gasteiger partial charge on any atom is -0.477 e. The lowest BCUT2D eigenvalue weighted by molar-refractivity contribution is -0.163. The molecule has 0 saturated carbocycles. The van der Waals surface area contributed by atoms with Crippen molar-refractivity contribution in [2.75, 3.05) is 6.61 Å². The molecule has 0 bridgehead atoms. The average Bonchev–Trinajstić information content (AvgIpc) is 2.35. The first-order valence-corrected chi connectivity index (χ1v) is 7.17. The van der Waals surface area contributed by atoms with E-state index in [1.807, 2.05) is 0 Å². The molecular formula is C14H27FO3. The van der Waals surface area contributed by atoms with Crippen LogP contribution >= 0.6 is 0 Å². The summed E-state index contributed by atoms with van der Waals surface area (Å²) in [7, 11) is 0. The third-order valence-electron chi connectivity index (χ3n) is 2.96. The smallest absolute Gasteiger partial charge is 0.366 e. The highest BCUT2D eigenvalue weighted by Gasteiger charge is 2.14. The molecular weight excluding hydrogens is 235 g/mol. The fourth-order valence-electron chi connectivity index (χ4n) is 1.85. The summed E-state index contributed by atoms with van der Waals surface area (Å²) in [5.41, 5.74) is 0. The quantitative estimate of drug-likeness (QED) is 0.503. The van der Waals surface area contributed by atoms with Gasteiger partial charge in [-0.15, -0.1) is 0 Å². The first kappa shape index (κ1) is 17.4. The maximum absolute atomic E-state index is 12.5. The van der Waals surface area contributed by atoms with E-state index < -0.39 is 12.3 Å².